The van der Waals surface area contributed by atoms with E-state index in [1.54, 1.807) is 0 Å². The zero-order chi connectivity index (χ0) is 15.2. The summed E-state index contributed by atoms with van der Waals surface area (Å²) in [6, 6.07) is 0. The third-order valence-electron chi connectivity index (χ3n) is 3.56. The van der Waals surface area contributed by atoms with Gasteiger partial charge in [0.15, 0.2) is 0 Å². The largest absolute Gasteiger partial charge is 0.393 e. The average molecular weight is 307 g/mol. The number of aliphatic hydroxyl groups is 3. The van der Waals surface area contributed by atoms with Crippen LogP contribution in [0.3, 0.4) is 0 Å². The molecule has 0 bridgehead atoms. The molecular formula is C15H32O4P+. The van der Waals surface area contributed by atoms with Crippen LogP contribution in [-0.2, 0) is 4.57 Å². The second-order valence-electron chi connectivity index (χ2n) is 5.49. The van der Waals surface area contributed by atoms with Gasteiger partial charge in [-0.1, -0.05) is 62.9 Å². The van der Waals surface area contributed by atoms with Crippen LogP contribution in [0.25, 0.3) is 0 Å². The van der Waals surface area contributed by atoms with E-state index in [1.807, 2.05) is 0 Å². The Balaban J connectivity index is 3.33. The summed E-state index contributed by atoms with van der Waals surface area (Å²) in [5.41, 5.74) is 0. The maximum absolute atomic E-state index is 11.6. The molecule has 120 valence electrons. The molecule has 0 aliphatic carbocycles. The van der Waals surface area contributed by atoms with Crippen LogP contribution < -0.4 is 0 Å². The Hall–Kier alpha value is -0.0200. The van der Waals surface area contributed by atoms with Gasteiger partial charge in [-0.15, -0.1) is 0 Å². The molecule has 0 aromatic rings. The first kappa shape index (κ1) is 20.0. The van der Waals surface area contributed by atoms with Gasteiger partial charge in [-0.25, -0.2) is 0 Å². The van der Waals surface area contributed by atoms with Gasteiger partial charge >= 0.3 is 7.80 Å². The molecule has 0 aromatic heterocycles. The Morgan fingerprint density at radius 2 is 1.30 bits per heavy atom. The smallest absolute Gasteiger partial charge is 0.372 e. The summed E-state index contributed by atoms with van der Waals surface area (Å²) in [4.78, 5) is 0. The summed E-state index contributed by atoms with van der Waals surface area (Å²) in [7, 11) is -1.83. The van der Waals surface area contributed by atoms with E-state index in [0.29, 0.717) is 6.16 Å². The van der Waals surface area contributed by atoms with Gasteiger partial charge in [0, 0.05) is 0 Å². The highest BCUT2D eigenvalue weighted by Crippen LogP contribution is 2.30. The lowest BCUT2D eigenvalue weighted by Gasteiger charge is -2.05. The maximum atomic E-state index is 11.6. The van der Waals surface area contributed by atoms with Crippen molar-refractivity contribution in [2.75, 3.05) is 12.8 Å². The van der Waals surface area contributed by atoms with Crippen molar-refractivity contribution in [3.63, 3.8) is 0 Å². The maximum Gasteiger partial charge on any atom is 0.372 e. The fourth-order valence-corrected chi connectivity index (χ4v) is 3.45. The van der Waals surface area contributed by atoms with Crippen LogP contribution in [0.1, 0.15) is 71.1 Å². The number of rotatable bonds is 14. The molecule has 0 spiro atoms. The predicted molar refractivity (Wildman–Crippen MR) is 83.4 cm³/mol. The Morgan fingerprint density at radius 1 is 0.850 bits per heavy atom. The SMILES string of the molecule is CCCCCCCCCCCC[P+](=O)C(O)C(O)CO. The van der Waals surface area contributed by atoms with Gasteiger partial charge < -0.3 is 15.3 Å². The van der Waals surface area contributed by atoms with Crippen molar-refractivity contribution in [3.05, 3.63) is 0 Å². The van der Waals surface area contributed by atoms with Crippen molar-refractivity contribution >= 4 is 7.80 Å². The van der Waals surface area contributed by atoms with Gasteiger partial charge in [-0.05, 0) is 12.8 Å². The van der Waals surface area contributed by atoms with Gasteiger partial charge in [0.25, 0.3) is 5.85 Å². The second-order valence-corrected chi connectivity index (χ2v) is 7.30. The zero-order valence-electron chi connectivity index (χ0n) is 12.8. The van der Waals surface area contributed by atoms with E-state index in [2.05, 4.69) is 6.92 Å². The van der Waals surface area contributed by atoms with Crippen LogP contribution in [0.2, 0.25) is 0 Å². The highest BCUT2D eigenvalue weighted by atomic mass is 31.1. The Kier molecular flexibility index (Phi) is 13.9. The Bertz CT molecular complexity index is 236. The molecule has 0 heterocycles. The van der Waals surface area contributed by atoms with Crippen molar-refractivity contribution in [2.24, 2.45) is 0 Å². The normalized spacial score (nSPS) is 15.1. The molecule has 0 fully saturated rings. The van der Waals surface area contributed by atoms with Gasteiger partial charge in [0.1, 0.15) is 12.3 Å². The van der Waals surface area contributed by atoms with E-state index >= 15 is 0 Å². The molecule has 0 saturated carbocycles. The van der Waals surface area contributed by atoms with E-state index < -0.39 is 26.4 Å². The van der Waals surface area contributed by atoms with E-state index in [1.165, 1.54) is 44.9 Å². The van der Waals surface area contributed by atoms with Gasteiger partial charge in [-0.2, -0.15) is 0 Å². The molecule has 0 amide bonds. The second kappa shape index (κ2) is 13.9. The molecule has 4 nitrogen and oxygen atoms in total. The number of aliphatic hydroxyl groups excluding tert-OH is 3. The number of unbranched alkanes of at least 4 members (excludes halogenated alkanes) is 9. The van der Waals surface area contributed by atoms with Crippen molar-refractivity contribution in [3.8, 4) is 0 Å². The van der Waals surface area contributed by atoms with Crippen molar-refractivity contribution < 1.29 is 19.9 Å². The van der Waals surface area contributed by atoms with Crippen molar-refractivity contribution in [1.82, 2.24) is 0 Å². The lowest BCUT2D eigenvalue weighted by molar-refractivity contribution is 0.0245. The third-order valence-corrected chi connectivity index (χ3v) is 5.25. The monoisotopic (exact) mass is 307 g/mol. The molecule has 20 heavy (non-hydrogen) atoms. The highest BCUT2D eigenvalue weighted by molar-refractivity contribution is 7.45. The summed E-state index contributed by atoms with van der Waals surface area (Å²) >= 11 is 0. The van der Waals surface area contributed by atoms with Crippen LogP contribution in [-0.4, -0.2) is 40.0 Å². The fraction of sp³-hybridized carbons (Fsp3) is 1.00. The summed E-state index contributed by atoms with van der Waals surface area (Å²) in [5, 5.41) is 27.3. The minimum atomic E-state index is -1.83. The first-order valence-corrected chi connectivity index (χ1v) is 9.55. The standard InChI is InChI=1S/C15H32O4P/c1-2-3-4-5-6-7-8-9-10-11-12-20(19)15(18)14(17)13-16/h14-18H,2-13H2,1H3/q+1. The first-order chi connectivity index (χ1) is 9.63. The number of hydrogen-bond donors (Lipinski definition) is 3. The Morgan fingerprint density at radius 3 is 1.75 bits per heavy atom. The molecule has 0 saturated heterocycles. The molecular weight excluding hydrogens is 275 g/mol. The van der Waals surface area contributed by atoms with Crippen molar-refractivity contribution in [1.29, 1.82) is 0 Å². The van der Waals surface area contributed by atoms with Crippen molar-refractivity contribution in [2.45, 2.75) is 83.1 Å². The van der Waals surface area contributed by atoms with Crippen LogP contribution in [0.4, 0.5) is 0 Å². The van der Waals surface area contributed by atoms with Gasteiger partial charge in [0.05, 0.1) is 6.61 Å². The van der Waals surface area contributed by atoms with E-state index in [-0.39, 0.29) is 0 Å². The van der Waals surface area contributed by atoms with Gasteiger partial charge in [0.2, 0.25) is 0 Å². The van der Waals surface area contributed by atoms with Crippen LogP contribution in [0, 0.1) is 0 Å². The number of hydrogen-bond acceptors (Lipinski definition) is 4. The summed E-state index contributed by atoms with van der Waals surface area (Å²) < 4.78 is 11.6. The summed E-state index contributed by atoms with van der Waals surface area (Å²) in [5.74, 6) is -1.28. The third kappa shape index (κ3) is 10.7. The molecule has 0 aliphatic heterocycles. The molecule has 3 unspecified atom stereocenters. The van der Waals surface area contributed by atoms with E-state index in [9.17, 15) is 14.8 Å². The highest BCUT2D eigenvalue weighted by Gasteiger charge is 2.33. The fourth-order valence-electron chi connectivity index (χ4n) is 2.17. The van der Waals surface area contributed by atoms with Crippen LogP contribution in [0.5, 0.6) is 0 Å². The van der Waals surface area contributed by atoms with E-state index in [0.717, 1.165) is 19.3 Å². The Labute approximate surface area is 124 Å². The lowest BCUT2D eigenvalue weighted by atomic mass is 10.1. The minimum absolute atomic E-state index is 0.435. The molecule has 3 N–H and O–H groups in total. The summed E-state index contributed by atoms with van der Waals surface area (Å²) in [6.07, 6.45) is 11.3. The van der Waals surface area contributed by atoms with E-state index in [4.69, 9.17) is 5.11 Å². The molecule has 0 rings (SSSR count). The summed E-state index contributed by atoms with van der Waals surface area (Å²) in [6.45, 7) is 1.68. The first-order valence-electron chi connectivity index (χ1n) is 8.04. The van der Waals surface area contributed by atoms with Crippen LogP contribution >= 0.6 is 7.80 Å². The van der Waals surface area contributed by atoms with Gasteiger partial charge in [-0.3, -0.25) is 0 Å². The van der Waals surface area contributed by atoms with Crippen LogP contribution in [0.15, 0.2) is 0 Å². The quantitative estimate of drug-likeness (QED) is 0.339. The topological polar surface area (TPSA) is 77.8 Å². The molecule has 0 radical (unpaired) electrons. The molecule has 0 aliphatic rings. The molecule has 3 atom stereocenters. The lowest BCUT2D eigenvalue weighted by Crippen LogP contribution is -2.26. The zero-order valence-corrected chi connectivity index (χ0v) is 13.7. The molecule has 0 aromatic carbocycles. The predicted octanol–water partition coefficient (Wildman–Crippen LogP) is 3.41. The minimum Gasteiger partial charge on any atom is -0.393 e. The average Bonchev–Trinajstić information content (AvgIpc) is 2.47. The molecule has 5 heteroatoms.